The summed E-state index contributed by atoms with van der Waals surface area (Å²) in [4.78, 5) is 23.3. The van der Waals surface area contributed by atoms with Crippen LogP contribution in [0.3, 0.4) is 0 Å². The van der Waals surface area contributed by atoms with Crippen LogP contribution in [-0.2, 0) is 0 Å². The number of hydrogen-bond acceptors (Lipinski definition) is 3. The van der Waals surface area contributed by atoms with E-state index in [2.05, 4.69) is 16.9 Å². The van der Waals surface area contributed by atoms with E-state index < -0.39 is 5.97 Å². The molecule has 2 amide bonds. The molecule has 0 aliphatic heterocycles. The van der Waals surface area contributed by atoms with Gasteiger partial charge in [-0.2, -0.15) is 11.8 Å². The number of carbonyl (C=O) groups is 2. The predicted octanol–water partition coefficient (Wildman–Crippen LogP) is 3.10. The van der Waals surface area contributed by atoms with Gasteiger partial charge in [-0.15, -0.1) is 0 Å². The third-order valence-electron chi connectivity index (χ3n) is 3.79. The van der Waals surface area contributed by atoms with Crippen LogP contribution >= 0.6 is 11.8 Å². The molecular weight excluding hydrogens is 288 g/mol. The second kappa shape index (κ2) is 6.85. The molecule has 2 rings (SSSR count). The molecule has 1 fully saturated rings. The first kappa shape index (κ1) is 15.7. The molecule has 0 aromatic heterocycles. The van der Waals surface area contributed by atoms with Crippen LogP contribution in [0.4, 0.5) is 10.5 Å². The second-order valence-electron chi connectivity index (χ2n) is 5.27. The van der Waals surface area contributed by atoms with Gasteiger partial charge in [-0.3, -0.25) is 0 Å². The van der Waals surface area contributed by atoms with Crippen molar-refractivity contribution in [2.75, 3.05) is 11.6 Å². The van der Waals surface area contributed by atoms with E-state index in [1.165, 1.54) is 0 Å². The Bertz CT molecular complexity index is 548. The van der Waals surface area contributed by atoms with Gasteiger partial charge >= 0.3 is 12.0 Å². The normalized spacial score (nSPS) is 21.0. The number of aromatic carboxylic acids is 1. The average molecular weight is 308 g/mol. The fourth-order valence-electron chi connectivity index (χ4n) is 2.68. The minimum atomic E-state index is -1.04. The highest BCUT2D eigenvalue weighted by Gasteiger charge is 2.25. The largest absolute Gasteiger partial charge is 0.478 e. The van der Waals surface area contributed by atoms with Crippen LogP contribution < -0.4 is 10.6 Å². The van der Waals surface area contributed by atoms with Crippen LogP contribution in [0.25, 0.3) is 0 Å². The molecule has 0 bridgehead atoms. The third kappa shape index (κ3) is 3.91. The molecule has 1 aliphatic carbocycles. The smallest absolute Gasteiger partial charge is 0.338 e. The molecule has 0 saturated heterocycles. The summed E-state index contributed by atoms with van der Waals surface area (Å²) in [6, 6.07) is 4.88. The number of anilines is 1. The van der Waals surface area contributed by atoms with Gasteiger partial charge in [0.25, 0.3) is 0 Å². The van der Waals surface area contributed by atoms with Crippen LogP contribution in [0.1, 0.15) is 35.2 Å². The Labute approximate surface area is 128 Å². The number of hydrogen-bond donors (Lipinski definition) is 3. The van der Waals surface area contributed by atoms with Crippen LogP contribution in [0.2, 0.25) is 0 Å². The van der Waals surface area contributed by atoms with Crippen molar-refractivity contribution < 1.29 is 14.7 Å². The van der Waals surface area contributed by atoms with Crippen molar-refractivity contribution in [2.45, 2.75) is 37.5 Å². The highest BCUT2D eigenvalue weighted by Crippen LogP contribution is 2.28. The van der Waals surface area contributed by atoms with E-state index in [4.69, 9.17) is 0 Å². The van der Waals surface area contributed by atoms with Gasteiger partial charge in [-0.1, -0.05) is 12.1 Å². The van der Waals surface area contributed by atoms with Gasteiger partial charge in [0.2, 0.25) is 0 Å². The Hall–Kier alpha value is -1.69. The summed E-state index contributed by atoms with van der Waals surface area (Å²) in [6.07, 6.45) is 5.13. The summed E-state index contributed by atoms with van der Waals surface area (Å²) < 4.78 is 0. The molecule has 0 radical (unpaired) electrons. The Balaban J connectivity index is 2.00. The summed E-state index contributed by atoms with van der Waals surface area (Å²) >= 11 is 1.83. The number of rotatable bonds is 4. The van der Waals surface area contributed by atoms with Crippen molar-refractivity contribution in [3.8, 4) is 0 Å². The molecule has 0 spiro atoms. The van der Waals surface area contributed by atoms with Crippen molar-refractivity contribution >= 4 is 29.4 Å². The van der Waals surface area contributed by atoms with Gasteiger partial charge in [-0.05, 0) is 44.1 Å². The van der Waals surface area contributed by atoms with Crippen LogP contribution in [-0.4, -0.2) is 34.7 Å². The number of thioether (sulfide) groups is 1. The molecule has 2 unspecified atom stereocenters. The zero-order valence-electron chi connectivity index (χ0n) is 12.2. The van der Waals surface area contributed by atoms with Gasteiger partial charge in [0.05, 0.1) is 11.3 Å². The van der Waals surface area contributed by atoms with Crippen molar-refractivity contribution in [2.24, 2.45) is 0 Å². The predicted molar refractivity (Wildman–Crippen MR) is 85.2 cm³/mol. The number of carboxylic acid groups (broad SMARTS) is 1. The molecule has 1 aromatic rings. The van der Waals surface area contributed by atoms with Crippen LogP contribution in [0, 0.1) is 6.92 Å². The van der Waals surface area contributed by atoms with E-state index >= 15 is 0 Å². The van der Waals surface area contributed by atoms with E-state index in [0.717, 1.165) is 19.3 Å². The van der Waals surface area contributed by atoms with Gasteiger partial charge < -0.3 is 15.7 Å². The number of benzene rings is 1. The second-order valence-corrected chi connectivity index (χ2v) is 6.41. The zero-order valence-corrected chi connectivity index (χ0v) is 13.0. The maximum atomic E-state index is 12.0. The molecule has 21 heavy (non-hydrogen) atoms. The van der Waals surface area contributed by atoms with Crippen molar-refractivity contribution in [3.05, 3.63) is 29.3 Å². The number of aryl methyl sites for hydroxylation is 1. The fourth-order valence-corrected chi connectivity index (χ4v) is 3.48. The standard InChI is InChI=1S/C15H20N2O3S/c1-9-4-3-5-12(13(9)14(18)19)17-15(20)16-10-6-7-11(8-10)21-2/h3-5,10-11H,6-8H2,1-2H3,(H,18,19)(H2,16,17,20). The third-order valence-corrected chi connectivity index (χ3v) is 4.88. The highest BCUT2D eigenvalue weighted by molar-refractivity contribution is 7.99. The first-order valence-corrected chi connectivity index (χ1v) is 8.23. The summed E-state index contributed by atoms with van der Waals surface area (Å²) in [5.41, 5.74) is 1.10. The maximum Gasteiger partial charge on any atom is 0.338 e. The molecule has 1 aromatic carbocycles. The van der Waals surface area contributed by atoms with Crippen molar-refractivity contribution in [1.29, 1.82) is 0 Å². The number of nitrogens with one attached hydrogen (secondary N) is 2. The Morgan fingerprint density at radius 3 is 2.71 bits per heavy atom. The van der Waals surface area contributed by atoms with E-state index in [9.17, 15) is 14.7 Å². The van der Waals surface area contributed by atoms with Gasteiger partial charge in [0.1, 0.15) is 0 Å². The summed E-state index contributed by atoms with van der Waals surface area (Å²) in [6.45, 7) is 1.71. The average Bonchev–Trinajstić information content (AvgIpc) is 2.85. The molecule has 6 heteroatoms. The van der Waals surface area contributed by atoms with Crippen LogP contribution in [0.15, 0.2) is 18.2 Å². The Morgan fingerprint density at radius 2 is 2.10 bits per heavy atom. The monoisotopic (exact) mass is 308 g/mol. The fraction of sp³-hybridized carbons (Fsp3) is 0.467. The lowest BCUT2D eigenvalue weighted by molar-refractivity contribution is 0.0697. The summed E-state index contributed by atoms with van der Waals surface area (Å²) in [5.74, 6) is -1.04. The number of carboxylic acids is 1. The lowest BCUT2D eigenvalue weighted by atomic mass is 10.1. The van der Waals surface area contributed by atoms with Crippen molar-refractivity contribution in [3.63, 3.8) is 0 Å². The molecule has 1 saturated carbocycles. The SMILES string of the molecule is CSC1CCC(NC(=O)Nc2cccc(C)c2C(=O)O)C1. The van der Waals surface area contributed by atoms with Gasteiger partial charge in [-0.25, -0.2) is 9.59 Å². The minimum absolute atomic E-state index is 0.140. The van der Waals surface area contributed by atoms with E-state index in [1.54, 1.807) is 25.1 Å². The lowest BCUT2D eigenvalue weighted by Gasteiger charge is -2.15. The molecule has 1 aliphatic rings. The molecule has 3 N–H and O–H groups in total. The molecule has 0 heterocycles. The van der Waals surface area contributed by atoms with E-state index in [0.29, 0.717) is 16.5 Å². The Morgan fingerprint density at radius 1 is 1.33 bits per heavy atom. The van der Waals surface area contributed by atoms with Crippen LogP contribution in [0.5, 0.6) is 0 Å². The first-order chi connectivity index (χ1) is 10.0. The van der Waals surface area contributed by atoms with Crippen molar-refractivity contribution in [1.82, 2.24) is 5.32 Å². The Kier molecular flexibility index (Phi) is 5.12. The molecule has 5 nitrogen and oxygen atoms in total. The molecule has 2 atom stereocenters. The maximum absolute atomic E-state index is 12.0. The molecule has 114 valence electrons. The van der Waals surface area contributed by atoms with Gasteiger partial charge in [0, 0.05) is 11.3 Å². The van der Waals surface area contributed by atoms with E-state index in [-0.39, 0.29) is 17.6 Å². The summed E-state index contributed by atoms with van der Waals surface area (Å²) in [5, 5.41) is 15.4. The van der Waals surface area contributed by atoms with E-state index in [1.807, 2.05) is 11.8 Å². The zero-order chi connectivity index (χ0) is 15.4. The lowest BCUT2D eigenvalue weighted by Crippen LogP contribution is -2.37. The number of amides is 2. The molecular formula is C15H20N2O3S. The minimum Gasteiger partial charge on any atom is -0.478 e. The first-order valence-electron chi connectivity index (χ1n) is 6.94. The topological polar surface area (TPSA) is 78.4 Å². The quantitative estimate of drug-likeness (QED) is 0.798. The highest BCUT2D eigenvalue weighted by atomic mass is 32.2. The number of carbonyl (C=O) groups excluding carboxylic acids is 1. The summed E-state index contributed by atoms with van der Waals surface area (Å²) in [7, 11) is 0. The number of urea groups is 1. The van der Waals surface area contributed by atoms with Gasteiger partial charge in [0.15, 0.2) is 0 Å².